The summed E-state index contributed by atoms with van der Waals surface area (Å²) in [6, 6.07) is 20.8. The molecule has 4 aromatic rings. The maximum Gasteiger partial charge on any atom is 0.449 e. The lowest BCUT2D eigenvalue weighted by atomic mass is 10.2. The Balaban J connectivity index is 1.45. The molecule has 0 atom stereocenters. The Labute approximate surface area is 198 Å². The molecule has 7 nitrogen and oxygen atoms in total. The van der Waals surface area contributed by atoms with Gasteiger partial charge in [0.1, 0.15) is 13.2 Å². The summed E-state index contributed by atoms with van der Waals surface area (Å²) in [4.78, 5) is 16.0. The quantitative estimate of drug-likeness (QED) is 0.289. The number of fused-ring (bicyclic) bond motifs is 1. The first kappa shape index (κ1) is 23.8. The van der Waals surface area contributed by atoms with Gasteiger partial charge >= 0.3 is 6.18 Å². The van der Waals surface area contributed by atoms with Crippen LogP contribution in [0, 0.1) is 0 Å². The number of nitrogens with one attached hydrogen (secondary N) is 1. The third-order valence-electron chi connectivity index (χ3n) is 5.04. The lowest BCUT2D eigenvalue weighted by Gasteiger charge is -2.11. The van der Waals surface area contributed by atoms with Gasteiger partial charge < -0.3 is 14.0 Å². The summed E-state index contributed by atoms with van der Waals surface area (Å²) in [5.74, 6) is -0.878. The molecule has 0 aliphatic heterocycles. The summed E-state index contributed by atoms with van der Waals surface area (Å²) in [5, 5.41) is 3.87. The van der Waals surface area contributed by atoms with E-state index in [2.05, 4.69) is 15.5 Å². The molecule has 0 spiro atoms. The Morgan fingerprint density at radius 2 is 1.80 bits per heavy atom. The predicted octanol–water partition coefficient (Wildman–Crippen LogP) is 4.79. The molecule has 3 aromatic carbocycles. The lowest BCUT2D eigenvalue weighted by Crippen LogP contribution is -2.26. The zero-order chi connectivity index (χ0) is 24.8. The number of methoxy groups -OCH3 is 1. The SMILES string of the molecule is COc1ccc(C=NNC(=O)Cn2c(C(F)(F)F)nc3ccccc32)cc1OCc1ccccc1. The number of para-hydroxylation sites is 2. The molecule has 1 amide bonds. The average Bonchev–Trinajstić information content (AvgIpc) is 3.22. The normalized spacial score (nSPS) is 11.7. The fourth-order valence-electron chi connectivity index (χ4n) is 3.43. The number of carbonyl (C=O) groups excluding carboxylic acids is 1. The second-order valence-corrected chi connectivity index (χ2v) is 7.49. The predicted molar refractivity (Wildman–Crippen MR) is 124 cm³/mol. The van der Waals surface area contributed by atoms with Crippen LogP contribution in [0.15, 0.2) is 77.9 Å². The van der Waals surface area contributed by atoms with Crippen LogP contribution in [-0.4, -0.2) is 28.8 Å². The third-order valence-corrected chi connectivity index (χ3v) is 5.04. The van der Waals surface area contributed by atoms with Crippen molar-refractivity contribution in [2.45, 2.75) is 19.3 Å². The maximum atomic E-state index is 13.4. The number of halogens is 3. The Kier molecular flexibility index (Phi) is 7.00. The van der Waals surface area contributed by atoms with Gasteiger partial charge in [0.05, 0.1) is 24.4 Å². The molecule has 10 heteroatoms. The Morgan fingerprint density at radius 1 is 1.06 bits per heavy atom. The number of imidazole rings is 1. The number of alkyl halides is 3. The van der Waals surface area contributed by atoms with Gasteiger partial charge in [-0.1, -0.05) is 42.5 Å². The highest BCUT2D eigenvalue weighted by molar-refractivity contribution is 5.84. The van der Waals surface area contributed by atoms with Crippen molar-refractivity contribution < 1.29 is 27.4 Å². The van der Waals surface area contributed by atoms with E-state index in [-0.39, 0.29) is 11.0 Å². The van der Waals surface area contributed by atoms with E-state index in [0.29, 0.717) is 23.7 Å². The van der Waals surface area contributed by atoms with E-state index < -0.39 is 24.5 Å². The van der Waals surface area contributed by atoms with Crippen LogP contribution in [0.25, 0.3) is 11.0 Å². The fourth-order valence-corrected chi connectivity index (χ4v) is 3.43. The Morgan fingerprint density at radius 3 is 2.54 bits per heavy atom. The van der Waals surface area contributed by atoms with Crippen molar-refractivity contribution in [2.24, 2.45) is 5.10 Å². The summed E-state index contributed by atoms with van der Waals surface area (Å²) in [6.45, 7) is -0.268. The van der Waals surface area contributed by atoms with Crippen LogP contribution in [0.2, 0.25) is 0 Å². The van der Waals surface area contributed by atoms with Crippen LogP contribution >= 0.6 is 0 Å². The van der Waals surface area contributed by atoms with Crippen molar-refractivity contribution in [1.29, 1.82) is 0 Å². The fraction of sp³-hybridized carbons (Fsp3) is 0.160. The summed E-state index contributed by atoms with van der Waals surface area (Å²) < 4.78 is 52.2. The Hall–Kier alpha value is -4.34. The number of benzene rings is 3. The second kappa shape index (κ2) is 10.3. The van der Waals surface area contributed by atoms with Gasteiger partial charge in [0, 0.05) is 0 Å². The minimum Gasteiger partial charge on any atom is -0.493 e. The Bertz CT molecular complexity index is 1350. The molecule has 0 aliphatic carbocycles. The highest BCUT2D eigenvalue weighted by Gasteiger charge is 2.37. The van der Waals surface area contributed by atoms with Gasteiger partial charge in [-0.2, -0.15) is 18.3 Å². The van der Waals surface area contributed by atoms with E-state index in [0.717, 1.165) is 10.1 Å². The topological polar surface area (TPSA) is 77.7 Å². The molecule has 4 rings (SSSR count). The molecule has 1 aromatic heterocycles. The number of hydrazone groups is 1. The third kappa shape index (κ3) is 5.78. The maximum absolute atomic E-state index is 13.4. The summed E-state index contributed by atoms with van der Waals surface area (Å²) >= 11 is 0. The van der Waals surface area contributed by atoms with Gasteiger partial charge in [-0.05, 0) is 41.5 Å². The monoisotopic (exact) mass is 482 g/mol. The molecular weight excluding hydrogens is 461 g/mol. The van der Waals surface area contributed by atoms with Gasteiger partial charge in [0.2, 0.25) is 5.82 Å². The number of carbonyl (C=O) groups is 1. The summed E-state index contributed by atoms with van der Waals surface area (Å²) in [7, 11) is 1.52. The number of ether oxygens (including phenoxy) is 2. The largest absolute Gasteiger partial charge is 0.493 e. The first-order chi connectivity index (χ1) is 16.8. The zero-order valence-electron chi connectivity index (χ0n) is 18.6. The average molecular weight is 482 g/mol. The molecule has 0 unspecified atom stereocenters. The number of rotatable bonds is 8. The lowest BCUT2D eigenvalue weighted by molar-refractivity contribution is -0.147. The van der Waals surface area contributed by atoms with Crippen molar-refractivity contribution >= 4 is 23.2 Å². The molecule has 0 aliphatic rings. The van der Waals surface area contributed by atoms with E-state index >= 15 is 0 Å². The molecule has 0 radical (unpaired) electrons. The number of nitrogens with zero attached hydrogens (tertiary/aromatic N) is 3. The van der Waals surface area contributed by atoms with Crippen LogP contribution in [0.3, 0.4) is 0 Å². The second-order valence-electron chi connectivity index (χ2n) is 7.49. The van der Waals surface area contributed by atoms with Crippen LogP contribution in [0.5, 0.6) is 11.5 Å². The smallest absolute Gasteiger partial charge is 0.449 e. The van der Waals surface area contributed by atoms with E-state index in [1.54, 1.807) is 30.3 Å². The van der Waals surface area contributed by atoms with Gasteiger partial charge in [-0.3, -0.25) is 4.79 Å². The van der Waals surface area contributed by atoms with Crippen LogP contribution in [0.4, 0.5) is 13.2 Å². The molecule has 1 heterocycles. The van der Waals surface area contributed by atoms with E-state index in [1.807, 2.05) is 30.3 Å². The van der Waals surface area contributed by atoms with Gasteiger partial charge in [0.15, 0.2) is 11.5 Å². The molecule has 0 bridgehead atoms. The van der Waals surface area contributed by atoms with E-state index in [9.17, 15) is 18.0 Å². The highest BCUT2D eigenvalue weighted by Crippen LogP contribution is 2.31. The standard InChI is InChI=1S/C25H21F3N4O3/c1-34-21-12-11-18(13-22(21)35-16-17-7-3-2-4-8-17)14-29-31-23(33)15-32-20-10-6-5-9-19(20)30-24(32)25(26,27)28/h2-14H,15-16H2,1H3,(H,31,33). The number of hydrogen-bond donors (Lipinski definition) is 1. The summed E-state index contributed by atoms with van der Waals surface area (Å²) in [5.41, 5.74) is 4.19. The molecule has 0 saturated carbocycles. The number of hydrogen-bond acceptors (Lipinski definition) is 5. The van der Waals surface area contributed by atoms with Crippen LogP contribution < -0.4 is 14.9 Å². The van der Waals surface area contributed by atoms with Gasteiger partial charge in [0.25, 0.3) is 5.91 Å². The molecule has 0 fully saturated rings. The molecule has 180 valence electrons. The van der Waals surface area contributed by atoms with Gasteiger partial charge in [-0.25, -0.2) is 10.4 Å². The zero-order valence-corrected chi connectivity index (χ0v) is 18.6. The van der Waals surface area contributed by atoms with Gasteiger partial charge in [-0.15, -0.1) is 0 Å². The van der Waals surface area contributed by atoms with E-state index in [1.165, 1.54) is 25.5 Å². The van der Waals surface area contributed by atoms with Crippen molar-refractivity contribution in [2.75, 3.05) is 7.11 Å². The van der Waals surface area contributed by atoms with E-state index in [4.69, 9.17) is 9.47 Å². The van der Waals surface area contributed by atoms with Crippen molar-refractivity contribution in [1.82, 2.24) is 15.0 Å². The van der Waals surface area contributed by atoms with Crippen molar-refractivity contribution in [3.05, 3.63) is 89.7 Å². The number of aromatic nitrogens is 2. The molecule has 35 heavy (non-hydrogen) atoms. The highest BCUT2D eigenvalue weighted by atomic mass is 19.4. The molecular formula is C25H21F3N4O3. The number of amides is 1. The minimum atomic E-state index is -4.71. The van der Waals surface area contributed by atoms with Crippen molar-refractivity contribution in [3.8, 4) is 11.5 Å². The summed E-state index contributed by atoms with van der Waals surface area (Å²) in [6.07, 6.45) is -3.34. The van der Waals surface area contributed by atoms with Crippen LogP contribution in [-0.2, 0) is 24.1 Å². The molecule has 0 saturated heterocycles. The van der Waals surface area contributed by atoms with Crippen molar-refractivity contribution in [3.63, 3.8) is 0 Å². The first-order valence-electron chi connectivity index (χ1n) is 10.5. The molecule has 1 N–H and O–H groups in total. The first-order valence-corrected chi connectivity index (χ1v) is 10.5. The van der Waals surface area contributed by atoms with Crippen LogP contribution in [0.1, 0.15) is 17.0 Å². The minimum absolute atomic E-state index is 0.150.